The Balaban J connectivity index is 1.91. The molecule has 3 N–H and O–H groups in total. The number of aliphatic hydroxyl groups is 2. The number of amides is 1. The largest absolute Gasteiger partial charge is 0.458 e. The molecule has 1 aromatic rings. The minimum Gasteiger partial charge on any atom is -0.458 e. The molecule has 2 aliphatic heterocycles. The van der Waals surface area contributed by atoms with Gasteiger partial charge in [0.1, 0.15) is 18.0 Å². The summed E-state index contributed by atoms with van der Waals surface area (Å²) in [5.74, 6) is -1.85. The highest BCUT2D eigenvalue weighted by Gasteiger charge is 2.43. The number of alkyl carbamates (subject to hydrolysis) is 1. The summed E-state index contributed by atoms with van der Waals surface area (Å²) >= 11 is 1.51. The molecule has 3 rings (SSSR count). The Kier molecular flexibility index (Phi) is 9.52. The number of rotatable bonds is 2. The fraction of sp³-hybridized carbons (Fsp3) is 0.704. The van der Waals surface area contributed by atoms with Crippen LogP contribution in [0.4, 0.5) is 4.79 Å². The van der Waals surface area contributed by atoms with Crippen LogP contribution >= 0.6 is 11.3 Å². The molecule has 9 nitrogen and oxygen atoms in total. The van der Waals surface area contributed by atoms with Crippen molar-refractivity contribution >= 4 is 35.3 Å². The summed E-state index contributed by atoms with van der Waals surface area (Å²) in [6, 6.07) is -0.274. The molecular weight excluding hydrogens is 496 g/mol. The topological polar surface area (TPSA) is 135 Å². The number of aromatic nitrogens is 1. The van der Waals surface area contributed by atoms with Crippen LogP contribution in [0.3, 0.4) is 0 Å². The number of hydrogen-bond donors (Lipinski definition) is 3. The monoisotopic (exact) mass is 536 g/mol. The number of carbonyl (C=O) groups excluding carboxylic acids is 3. The van der Waals surface area contributed by atoms with E-state index in [9.17, 15) is 24.6 Å². The lowest BCUT2D eigenvalue weighted by Gasteiger charge is -2.34. The molecule has 1 amide bonds. The number of ether oxygens (including phenoxy) is 2. The van der Waals surface area contributed by atoms with Gasteiger partial charge in [0.2, 0.25) is 0 Å². The number of thiazole rings is 1. The average molecular weight is 537 g/mol. The molecule has 0 aliphatic carbocycles. The van der Waals surface area contributed by atoms with Crippen molar-refractivity contribution in [1.29, 1.82) is 0 Å². The first-order valence-corrected chi connectivity index (χ1v) is 13.8. The molecule has 2 aliphatic rings. The number of aliphatic hydroxyl groups excluding tert-OH is 2. The van der Waals surface area contributed by atoms with Gasteiger partial charge in [0.05, 0.1) is 40.8 Å². The van der Waals surface area contributed by atoms with Gasteiger partial charge in [-0.05, 0) is 44.3 Å². The van der Waals surface area contributed by atoms with Gasteiger partial charge in [0.15, 0.2) is 0 Å². The summed E-state index contributed by atoms with van der Waals surface area (Å²) < 4.78 is 11.4. The highest BCUT2D eigenvalue weighted by Crippen LogP contribution is 2.33. The van der Waals surface area contributed by atoms with Crippen molar-refractivity contribution < 1.29 is 34.1 Å². The number of hydrogen-bond acceptors (Lipinski definition) is 9. The second kappa shape index (κ2) is 12.0. The van der Waals surface area contributed by atoms with Gasteiger partial charge >= 0.3 is 12.1 Å². The molecule has 206 valence electrons. The van der Waals surface area contributed by atoms with Gasteiger partial charge in [0.25, 0.3) is 0 Å². The number of nitrogens with zero attached hydrogens (tertiary/aromatic N) is 1. The standard InChI is InChI=1S/C27H40N2O7S/c1-14-8-7-9-19-21(36-26(34)29-19)11-20(15(2)10-18-13-37-17(4)28-18)35-23(31)12-22(30)27(5,6)25(33)16(3)24(14)32/h10,13-14,16,19-22,24,30,32H,7-9,11-12H2,1-6H3,(H,29,34)/b15-10+/t14-,16+,19?,20-,21?,22-,24-/m0/s1. The van der Waals surface area contributed by atoms with Crippen LogP contribution in [0.1, 0.15) is 77.4 Å². The predicted octanol–water partition coefficient (Wildman–Crippen LogP) is 3.80. The van der Waals surface area contributed by atoms with E-state index in [4.69, 9.17) is 9.47 Å². The van der Waals surface area contributed by atoms with E-state index in [1.54, 1.807) is 20.8 Å². The third-order valence-corrected chi connectivity index (χ3v) is 8.55. The van der Waals surface area contributed by atoms with E-state index in [1.165, 1.54) is 11.3 Å². The Labute approximate surface area is 222 Å². The van der Waals surface area contributed by atoms with Crippen LogP contribution in [-0.2, 0) is 19.1 Å². The van der Waals surface area contributed by atoms with Gasteiger partial charge in [-0.15, -0.1) is 11.3 Å². The molecule has 7 atom stereocenters. The number of aryl methyl sites for hydroxylation is 1. The van der Waals surface area contributed by atoms with Crippen LogP contribution in [-0.4, -0.2) is 63.5 Å². The molecule has 0 bridgehead atoms. The zero-order chi connectivity index (χ0) is 27.5. The molecule has 3 heterocycles. The maximum atomic E-state index is 13.2. The molecule has 10 heteroatoms. The maximum Gasteiger partial charge on any atom is 0.407 e. The quantitative estimate of drug-likeness (QED) is 0.486. The van der Waals surface area contributed by atoms with Crippen molar-refractivity contribution in [2.24, 2.45) is 17.3 Å². The second-order valence-corrected chi connectivity index (χ2v) is 12.1. The van der Waals surface area contributed by atoms with Gasteiger partial charge in [-0.2, -0.15) is 0 Å². The van der Waals surface area contributed by atoms with Gasteiger partial charge in [-0.25, -0.2) is 9.78 Å². The highest BCUT2D eigenvalue weighted by molar-refractivity contribution is 7.09. The molecule has 37 heavy (non-hydrogen) atoms. The number of ketones is 1. The molecule has 1 aromatic heterocycles. The van der Waals surface area contributed by atoms with E-state index in [0.29, 0.717) is 19.3 Å². The number of fused-ring (bicyclic) bond motifs is 1. The smallest absolute Gasteiger partial charge is 0.407 e. The zero-order valence-corrected chi connectivity index (χ0v) is 23.3. The number of nitrogens with one attached hydrogen (secondary N) is 1. The molecule has 0 aromatic carbocycles. The Morgan fingerprint density at radius 1 is 1.19 bits per heavy atom. The first-order chi connectivity index (χ1) is 17.3. The summed E-state index contributed by atoms with van der Waals surface area (Å²) in [4.78, 5) is 42.8. The zero-order valence-electron chi connectivity index (χ0n) is 22.5. The molecule has 0 spiro atoms. The fourth-order valence-corrected chi connectivity index (χ4v) is 5.70. The van der Waals surface area contributed by atoms with Gasteiger partial charge in [0, 0.05) is 17.7 Å². The minimum atomic E-state index is -1.30. The lowest BCUT2D eigenvalue weighted by molar-refractivity contribution is -0.155. The average Bonchev–Trinajstić information content (AvgIpc) is 3.40. The Morgan fingerprint density at radius 2 is 1.89 bits per heavy atom. The van der Waals surface area contributed by atoms with E-state index in [2.05, 4.69) is 10.3 Å². The van der Waals surface area contributed by atoms with Gasteiger partial charge in [-0.3, -0.25) is 9.59 Å². The molecule has 2 saturated heterocycles. The van der Waals surface area contributed by atoms with Gasteiger partial charge in [-0.1, -0.05) is 34.1 Å². The first-order valence-electron chi connectivity index (χ1n) is 13.0. The van der Waals surface area contributed by atoms with Crippen LogP contribution in [0.25, 0.3) is 6.08 Å². The SMILES string of the molecule is C/C(=C\c1csc(C)n1)[C@@H]1CC2OC(=O)NC2CCC[C@H](C)[C@H](O)[C@@H](C)C(=O)C(C)(C)[C@@H](O)CC(=O)O1. The Bertz CT molecular complexity index is 1020. The lowest BCUT2D eigenvalue weighted by atomic mass is 9.73. The number of esters is 1. The van der Waals surface area contributed by atoms with Crippen LogP contribution in [0.15, 0.2) is 11.0 Å². The van der Waals surface area contributed by atoms with E-state index in [1.807, 2.05) is 32.2 Å². The van der Waals surface area contributed by atoms with E-state index >= 15 is 0 Å². The van der Waals surface area contributed by atoms with Crippen LogP contribution in [0.2, 0.25) is 0 Å². The Morgan fingerprint density at radius 3 is 2.54 bits per heavy atom. The molecule has 0 radical (unpaired) electrons. The van der Waals surface area contributed by atoms with E-state index in [-0.39, 0.29) is 30.6 Å². The van der Waals surface area contributed by atoms with Crippen LogP contribution in [0.5, 0.6) is 0 Å². The number of Topliss-reactive ketones (excluding diaryl/α,β-unsaturated/α-hetero) is 1. The van der Waals surface area contributed by atoms with Crippen molar-refractivity contribution in [2.45, 2.75) is 104 Å². The van der Waals surface area contributed by atoms with Crippen LogP contribution < -0.4 is 5.32 Å². The highest BCUT2D eigenvalue weighted by atomic mass is 32.1. The molecular formula is C27H40N2O7S. The van der Waals surface area contributed by atoms with Gasteiger partial charge < -0.3 is 25.0 Å². The Hall–Kier alpha value is -2.30. The molecule has 0 saturated carbocycles. The lowest BCUT2D eigenvalue weighted by Crippen LogP contribution is -2.46. The summed E-state index contributed by atoms with van der Waals surface area (Å²) in [6.07, 6.45) is -0.257. The third-order valence-electron chi connectivity index (χ3n) is 7.76. The van der Waals surface area contributed by atoms with Crippen molar-refractivity contribution in [3.63, 3.8) is 0 Å². The van der Waals surface area contributed by atoms with Crippen molar-refractivity contribution in [1.82, 2.24) is 10.3 Å². The number of carbonyl (C=O) groups is 3. The fourth-order valence-electron chi connectivity index (χ4n) is 5.13. The third kappa shape index (κ3) is 7.18. The predicted molar refractivity (Wildman–Crippen MR) is 140 cm³/mol. The summed E-state index contributed by atoms with van der Waals surface area (Å²) in [5.41, 5.74) is 0.219. The van der Waals surface area contributed by atoms with E-state index in [0.717, 1.165) is 16.3 Å². The summed E-state index contributed by atoms with van der Waals surface area (Å²) in [7, 11) is 0. The first kappa shape index (κ1) is 29.3. The number of cyclic esters (lactones) is 1. The normalized spacial score (nSPS) is 34.3. The van der Waals surface area contributed by atoms with Crippen LogP contribution in [0, 0.1) is 24.2 Å². The van der Waals surface area contributed by atoms with Crippen molar-refractivity contribution in [3.8, 4) is 0 Å². The summed E-state index contributed by atoms with van der Waals surface area (Å²) in [6.45, 7) is 10.5. The molecule has 2 fully saturated rings. The molecule has 2 unspecified atom stereocenters. The van der Waals surface area contributed by atoms with E-state index < -0.39 is 47.8 Å². The second-order valence-electron chi connectivity index (χ2n) is 11.1. The van der Waals surface area contributed by atoms with Crippen molar-refractivity contribution in [3.05, 3.63) is 21.7 Å². The summed E-state index contributed by atoms with van der Waals surface area (Å²) in [5, 5.41) is 27.4. The van der Waals surface area contributed by atoms with Crippen molar-refractivity contribution in [2.75, 3.05) is 0 Å². The maximum absolute atomic E-state index is 13.2. The minimum absolute atomic E-state index is 0.166.